The summed E-state index contributed by atoms with van der Waals surface area (Å²) in [5.74, 6) is -1.05. The van der Waals surface area contributed by atoms with E-state index in [1.807, 2.05) is 4.57 Å². The smallest absolute Gasteiger partial charge is 0.406 e. The summed E-state index contributed by atoms with van der Waals surface area (Å²) in [6, 6.07) is 11.6. The van der Waals surface area contributed by atoms with Crippen molar-refractivity contribution >= 4 is 18.3 Å². The first kappa shape index (κ1) is 24.6. The van der Waals surface area contributed by atoms with Gasteiger partial charge in [0.2, 0.25) is 0 Å². The zero-order valence-corrected chi connectivity index (χ0v) is 18.4. The molecule has 0 saturated heterocycles. The van der Waals surface area contributed by atoms with E-state index < -0.39 is 6.36 Å². The van der Waals surface area contributed by atoms with Gasteiger partial charge in [0.1, 0.15) is 17.3 Å². The van der Waals surface area contributed by atoms with Crippen molar-refractivity contribution in [2.45, 2.75) is 25.7 Å². The van der Waals surface area contributed by atoms with E-state index in [4.69, 9.17) is 5.73 Å². The largest absolute Gasteiger partial charge is 0.573 e. The predicted octanol–water partition coefficient (Wildman–Crippen LogP) is 5.22. The highest BCUT2D eigenvalue weighted by Crippen LogP contribution is 2.41. The molecule has 33 heavy (non-hydrogen) atoms. The van der Waals surface area contributed by atoms with E-state index in [0.717, 1.165) is 0 Å². The second-order valence-corrected chi connectivity index (χ2v) is 7.64. The molecular formula is C23H22ClF4N3O2. The van der Waals surface area contributed by atoms with Gasteiger partial charge in [-0.1, -0.05) is 12.1 Å². The summed E-state index contributed by atoms with van der Waals surface area (Å²) in [6.45, 7) is 2.37. The highest BCUT2D eigenvalue weighted by molar-refractivity contribution is 5.98. The number of nitrogens with two attached hydrogens (primary N) is 1. The van der Waals surface area contributed by atoms with Gasteiger partial charge in [0, 0.05) is 12.1 Å². The van der Waals surface area contributed by atoms with Crippen molar-refractivity contribution in [2.24, 2.45) is 5.73 Å². The Balaban J connectivity index is 0.00000306. The van der Waals surface area contributed by atoms with Crippen molar-refractivity contribution in [2.75, 3.05) is 13.1 Å². The van der Waals surface area contributed by atoms with Crippen LogP contribution in [0.3, 0.4) is 0 Å². The molecule has 1 aliphatic heterocycles. The highest BCUT2D eigenvalue weighted by Gasteiger charge is 2.33. The van der Waals surface area contributed by atoms with Gasteiger partial charge in [-0.15, -0.1) is 25.6 Å². The van der Waals surface area contributed by atoms with E-state index in [1.54, 1.807) is 31.2 Å². The first-order valence-corrected chi connectivity index (χ1v) is 10.0. The Bertz CT molecular complexity index is 1180. The summed E-state index contributed by atoms with van der Waals surface area (Å²) in [5, 5.41) is 2.83. The number of aromatic nitrogens is 1. The average Bonchev–Trinajstić information content (AvgIpc) is 3.13. The molecule has 5 nitrogen and oxygen atoms in total. The second-order valence-electron chi connectivity index (χ2n) is 7.64. The summed E-state index contributed by atoms with van der Waals surface area (Å²) in [6.07, 6.45) is -4.26. The Labute approximate surface area is 193 Å². The van der Waals surface area contributed by atoms with E-state index >= 15 is 0 Å². The minimum Gasteiger partial charge on any atom is -0.406 e. The third kappa shape index (κ3) is 4.99. The van der Waals surface area contributed by atoms with Crippen LogP contribution in [0.1, 0.15) is 28.5 Å². The number of aryl methyl sites for hydroxylation is 1. The van der Waals surface area contributed by atoms with E-state index in [0.29, 0.717) is 53.2 Å². The number of rotatable bonds is 5. The molecule has 2 aromatic carbocycles. The Kier molecular flexibility index (Phi) is 7.04. The normalized spacial score (nSPS) is 15.5. The Hall–Kier alpha value is -3.04. The van der Waals surface area contributed by atoms with Crippen LogP contribution >= 0.6 is 12.4 Å². The maximum absolute atomic E-state index is 14.0. The number of halogens is 5. The molecule has 3 N–H and O–H groups in total. The molecule has 176 valence electrons. The number of nitrogens with one attached hydrogen (secondary N) is 1. The van der Waals surface area contributed by atoms with Gasteiger partial charge in [-0.05, 0) is 73.0 Å². The SMILES string of the molecule is Cc1cc(-c2c(-c3cccc(OC(F)(F)F)c3)cc3n2[C@@H](CCN)CNC3=O)ccc1F.Cl. The number of amides is 1. The quantitative estimate of drug-likeness (QED) is 0.489. The van der Waals surface area contributed by atoms with Crippen LogP contribution in [0.25, 0.3) is 22.4 Å². The van der Waals surface area contributed by atoms with Crippen molar-refractivity contribution in [1.82, 2.24) is 9.88 Å². The van der Waals surface area contributed by atoms with Crippen LogP contribution in [0.15, 0.2) is 48.5 Å². The first-order chi connectivity index (χ1) is 15.2. The Morgan fingerprint density at radius 2 is 1.91 bits per heavy atom. The fraction of sp³-hybridized carbons (Fsp3) is 0.261. The zero-order valence-electron chi connectivity index (χ0n) is 17.6. The molecule has 1 amide bonds. The average molecular weight is 484 g/mol. The maximum atomic E-state index is 14.0. The van der Waals surface area contributed by atoms with Gasteiger partial charge in [-0.3, -0.25) is 4.79 Å². The number of ether oxygens (including phenoxy) is 1. The number of nitrogens with zero attached hydrogens (tertiary/aromatic N) is 1. The van der Waals surface area contributed by atoms with Gasteiger partial charge in [-0.25, -0.2) is 4.39 Å². The standard InChI is InChI=1S/C23H21F4N3O2.ClH/c1-13-9-15(5-6-19(13)24)21-18(14-3-2-4-17(10-14)32-23(25,26)27)11-20-22(31)29-12-16(7-8-28)30(20)21;/h2-6,9-11,16H,7-8,12,28H2,1H3,(H,29,31);1H/t16-;/m0./s1. The van der Waals surface area contributed by atoms with E-state index in [2.05, 4.69) is 10.1 Å². The third-order valence-corrected chi connectivity index (χ3v) is 5.44. The monoisotopic (exact) mass is 483 g/mol. The maximum Gasteiger partial charge on any atom is 0.573 e. The van der Waals surface area contributed by atoms with Gasteiger partial charge in [0.25, 0.3) is 5.91 Å². The minimum atomic E-state index is -4.83. The lowest BCUT2D eigenvalue weighted by Crippen LogP contribution is -2.39. The summed E-state index contributed by atoms with van der Waals surface area (Å²) < 4.78 is 58.1. The molecule has 0 radical (unpaired) electrons. The molecule has 10 heteroatoms. The van der Waals surface area contributed by atoms with Crippen LogP contribution < -0.4 is 15.8 Å². The van der Waals surface area contributed by atoms with Crippen molar-refractivity contribution in [3.05, 3.63) is 65.6 Å². The molecule has 0 spiro atoms. The molecule has 1 atom stereocenters. The fourth-order valence-electron chi connectivity index (χ4n) is 4.06. The summed E-state index contributed by atoms with van der Waals surface area (Å²) >= 11 is 0. The van der Waals surface area contributed by atoms with Crippen LogP contribution in [0.5, 0.6) is 5.75 Å². The number of alkyl halides is 3. The van der Waals surface area contributed by atoms with Crippen LogP contribution in [-0.4, -0.2) is 29.9 Å². The molecule has 0 aliphatic carbocycles. The summed E-state index contributed by atoms with van der Waals surface area (Å²) in [5.41, 5.74) is 8.79. The number of benzene rings is 2. The predicted molar refractivity (Wildman–Crippen MR) is 119 cm³/mol. The van der Waals surface area contributed by atoms with Gasteiger partial charge < -0.3 is 20.4 Å². The summed E-state index contributed by atoms with van der Waals surface area (Å²) in [7, 11) is 0. The molecule has 2 heterocycles. The van der Waals surface area contributed by atoms with E-state index in [1.165, 1.54) is 24.3 Å². The number of carbonyl (C=O) groups is 1. The molecule has 3 aromatic rings. The van der Waals surface area contributed by atoms with Crippen molar-refractivity contribution in [3.8, 4) is 28.1 Å². The molecule has 0 unspecified atom stereocenters. The topological polar surface area (TPSA) is 69.3 Å². The van der Waals surface area contributed by atoms with Crippen molar-refractivity contribution < 1.29 is 27.1 Å². The van der Waals surface area contributed by atoms with Crippen LogP contribution in [-0.2, 0) is 0 Å². The van der Waals surface area contributed by atoms with E-state index in [-0.39, 0.29) is 35.9 Å². The van der Waals surface area contributed by atoms with Gasteiger partial charge >= 0.3 is 6.36 Å². The first-order valence-electron chi connectivity index (χ1n) is 10.0. The minimum absolute atomic E-state index is 0. The lowest BCUT2D eigenvalue weighted by molar-refractivity contribution is -0.274. The number of hydrogen-bond donors (Lipinski definition) is 2. The molecule has 1 aliphatic rings. The summed E-state index contributed by atoms with van der Waals surface area (Å²) in [4.78, 5) is 12.6. The number of carbonyl (C=O) groups excluding carboxylic acids is 1. The van der Waals surface area contributed by atoms with E-state index in [9.17, 15) is 22.4 Å². The fourth-order valence-corrected chi connectivity index (χ4v) is 4.06. The molecule has 0 fully saturated rings. The number of fused-ring (bicyclic) bond motifs is 1. The van der Waals surface area contributed by atoms with Crippen molar-refractivity contribution in [3.63, 3.8) is 0 Å². The lowest BCUT2D eigenvalue weighted by Gasteiger charge is -2.28. The molecule has 4 rings (SSSR count). The van der Waals surface area contributed by atoms with Crippen LogP contribution in [0, 0.1) is 12.7 Å². The van der Waals surface area contributed by atoms with Crippen LogP contribution in [0.2, 0.25) is 0 Å². The Morgan fingerprint density at radius 3 is 2.58 bits per heavy atom. The lowest BCUT2D eigenvalue weighted by atomic mass is 9.99. The highest BCUT2D eigenvalue weighted by atomic mass is 35.5. The molecule has 0 bridgehead atoms. The Morgan fingerprint density at radius 1 is 1.15 bits per heavy atom. The van der Waals surface area contributed by atoms with Gasteiger partial charge in [0.05, 0.1) is 11.7 Å². The van der Waals surface area contributed by atoms with Crippen LogP contribution in [0.4, 0.5) is 17.6 Å². The molecular weight excluding hydrogens is 462 g/mol. The van der Waals surface area contributed by atoms with Gasteiger partial charge in [0.15, 0.2) is 0 Å². The molecule has 0 saturated carbocycles. The van der Waals surface area contributed by atoms with Crippen molar-refractivity contribution in [1.29, 1.82) is 0 Å². The van der Waals surface area contributed by atoms with Gasteiger partial charge in [-0.2, -0.15) is 0 Å². The second kappa shape index (κ2) is 9.44. The number of hydrogen-bond acceptors (Lipinski definition) is 3. The zero-order chi connectivity index (χ0) is 23.0. The molecule has 1 aromatic heterocycles. The third-order valence-electron chi connectivity index (χ3n) is 5.44.